The molecule has 0 radical (unpaired) electrons. The molecule has 1 aliphatic rings. The van der Waals surface area contributed by atoms with Crippen molar-refractivity contribution in [2.45, 2.75) is 39.7 Å². The fraction of sp³-hybridized carbons (Fsp3) is 0.368. The van der Waals surface area contributed by atoms with Crippen LogP contribution in [0.25, 0.3) is 0 Å². The van der Waals surface area contributed by atoms with Gasteiger partial charge in [-0.05, 0) is 85.7 Å². The van der Waals surface area contributed by atoms with Crippen LogP contribution in [0.1, 0.15) is 39.4 Å². The average molecular weight is 297 g/mol. The molecule has 1 unspecified atom stereocenters. The summed E-state index contributed by atoms with van der Waals surface area (Å²) in [4.78, 5) is 0. The van der Waals surface area contributed by atoms with Gasteiger partial charge in [0, 0.05) is 6.04 Å². The third-order valence-corrected chi connectivity index (χ3v) is 4.82. The maximum atomic E-state index is 9.81. The van der Waals surface area contributed by atoms with Gasteiger partial charge < -0.3 is 15.5 Å². The fourth-order valence-electron chi connectivity index (χ4n) is 3.33. The number of benzene rings is 2. The van der Waals surface area contributed by atoms with E-state index in [1.54, 1.807) is 12.1 Å². The first kappa shape index (κ1) is 14.9. The zero-order valence-electron chi connectivity index (χ0n) is 13.4. The van der Waals surface area contributed by atoms with E-state index in [0.29, 0.717) is 0 Å². The molecule has 0 saturated heterocycles. The highest BCUT2D eigenvalue weighted by atomic mass is 16.3. The van der Waals surface area contributed by atoms with E-state index in [1.165, 1.54) is 22.3 Å². The summed E-state index contributed by atoms with van der Waals surface area (Å²) in [6, 6.07) is 8.08. The molecule has 0 fully saturated rings. The SMILES string of the molecule is Cc1cc(CC2NCCc3cc(O)c(O)cc32)cc(C)c1C. The Morgan fingerprint density at radius 2 is 1.64 bits per heavy atom. The van der Waals surface area contributed by atoms with Crippen LogP contribution in [0.3, 0.4) is 0 Å². The van der Waals surface area contributed by atoms with Gasteiger partial charge in [0.2, 0.25) is 0 Å². The van der Waals surface area contributed by atoms with Crippen LogP contribution in [-0.4, -0.2) is 16.8 Å². The molecule has 22 heavy (non-hydrogen) atoms. The molecule has 2 aromatic rings. The maximum absolute atomic E-state index is 9.81. The van der Waals surface area contributed by atoms with Crippen molar-refractivity contribution in [2.24, 2.45) is 0 Å². The molecule has 3 N–H and O–H groups in total. The van der Waals surface area contributed by atoms with Crippen molar-refractivity contribution < 1.29 is 10.2 Å². The molecule has 0 spiro atoms. The van der Waals surface area contributed by atoms with E-state index in [9.17, 15) is 10.2 Å². The lowest BCUT2D eigenvalue weighted by atomic mass is 9.88. The minimum atomic E-state index is -0.0382. The van der Waals surface area contributed by atoms with Gasteiger partial charge >= 0.3 is 0 Å². The van der Waals surface area contributed by atoms with E-state index in [2.05, 4.69) is 38.2 Å². The number of aryl methyl sites for hydroxylation is 2. The van der Waals surface area contributed by atoms with Crippen LogP contribution in [0.4, 0.5) is 0 Å². The van der Waals surface area contributed by atoms with Crippen molar-refractivity contribution in [1.29, 1.82) is 0 Å². The lowest BCUT2D eigenvalue weighted by Crippen LogP contribution is -2.31. The average Bonchev–Trinajstić information content (AvgIpc) is 2.47. The van der Waals surface area contributed by atoms with Gasteiger partial charge in [0.15, 0.2) is 11.5 Å². The van der Waals surface area contributed by atoms with Gasteiger partial charge in [-0.3, -0.25) is 0 Å². The molecule has 3 heteroatoms. The molecule has 3 rings (SSSR count). The van der Waals surface area contributed by atoms with E-state index < -0.39 is 0 Å². The Balaban J connectivity index is 1.94. The molecule has 1 heterocycles. The zero-order valence-corrected chi connectivity index (χ0v) is 13.4. The number of hydrogen-bond acceptors (Lipinski definition) is 3. The summed E-state index contributed by atoms with van der Waals surface area (Å²) in [6.07, 6.45) is 1.77. The highest BCUT2D eigenvalue weighted by Crippen LogP contribution is 2.35. The molecule has 1 atom stereocenters. The first-order chi connectivity index (χ1) is 10.5. The Morgan fingerprint density at radius 1 is 1.00 bits per heavy atom. The molecule has 0 aliphatic carbocycles. The second-order valence-corrected chi connectivity index (χ2v) is 6.36. The van der Waals surface area contributed by atoms with Crippen molar-refractivity contribution in [1.82, 2.24) is 5.32 Å². The Bertz CT molecular complexity index is 699. The van der Waals surface area contributed by atoms with Crippen LogP contribution in [0.15, 0.2) is 24.3 Å². The summed E-state index contributed by atoms with van der Waals surface area (Å²) in [5.74, 6) is -0.0647. The van der Waals surface area contributed by atoms with Crippen molar-refractivity contribution in [2.75, 3.05) is 6.54 Å². The number of nitrogens with one attached hydrogen (secondary N) is 1. The van der Waals surface area contributed by atoms with E-state index in [0.717, 1.165) is 30.5 Å². The van der Waals surface area contributed by atoms with Crippen LogP contribution >= 0.6 is 0 Å². The number of fused-ring (bicyclic) bond motifs is 1. The molecule has 1 aliphatic heterocycles. The fourth-order valence-corrected chi connectivity index (χ4v) is 3.33. The summed E-state index contributed by atoms with van der Waals surface area (Å²) in [5, 5.41) is 23.0. The molecule has 3 nitrogen and oxygen atoms in total. The highest BCUT2D eigenvalue weighted by molar-refractivity contribution is 5.48. The minimum absolute atomic E-state index is 0.0265. The third kappa shape index (κ3) is 2.69. The maximum Gasteiger partial charge on any atom is 0.157 e. The molecule has 0 saturated carbocycles. The van der Waals surface area contributed by atoms with E-state index in [4.69, 9.17) is 0 Å². The Morgan fingerprint density at radius 3 is 2.32 bits per heavy atom. The number of hydrogen-bond donors (Lipinski definition) is 3. The van der Waals surface area contributed by atoms with Crippen molar-refractivity contribution in [3.63, 3.8) is 0 Å². The molecule has 0 aromatic heterocycles. The lowest BCUT2D eigenvalue weighted by molar-refractivity contribution is 0.398. The molecule has 2 aromatic carbocycles. The molecule has 0 amide bonds. The third-order valence-electron chi connectivity index (χ3n) is 4.82. The van der Waals surface area contributed by atoms with Gasteiger partial charge in [-0.25, -0.2) is 0 Å². The van der Waals surface area contributed by atoms with Gasteiger partial charge in [-0.15, -0.1) is 0 Å². The Hall–Kier alpha value is -2.00. The zero-order chi connectivity index (χ0) is 15.9. The first-order valence-electron chi connectivity index (χ1n) is 7.80. The largest absolute Gasteiger partial charge is 0.504 e. The lowest BCUT2D eigenvalue weighted by Gasteiger charge is -2.28. The normalized spacial score (nSPS) is 17.3. The predicted octanol–water partition coefficient (Wildman–Crippen LogP) is 3.45. The van der Waals surface area contributed by atoms with E-state index in [1.807, 2.05) is 0 Å². The summed E-state index contributed by atoms with van der Waals surface area (Å²) in [6.45, 7) is 7.35. The van der Waals surface area contributed by atoms with E-state index >= 15 is 0 Å². The highest BCUT2D eigenvalue weighted by Gasteiger charge is 2.22. The summed E-state index contributed by atoms with van der Waals surface area (Å²) in [5.41, 5.74) is 7.51. The summed E-state index contributed by atoms with van der Waals surface area (Å²) < 4.78 is 0. The Kier molecular flexibility index (Phi) is 3.83. The number of aromatic hydroxyl groups is 2. The minimum Gasteiger partial charge on any atom is -0.504 e. The van der Waals surface area contributed by atoms with Gasteiger partial charge in [-0.2, -0.15) is 0 Å². The molecule has 116 valence electrons. The van der Waals surface area contributed by atoms with Crippen molar-refractivity contribution in [3.05, 3.63) is 57.6 Å². The second-order valence-electron chi connectivity index (χ2n) is 6.36. The standard InChI is InChI=1S/C19H23NO2/c1-11-6-14(7-12(2)13(11)3)8-17-16-10-19(22)18(21)9-15(16)4-5-20-17/h6-7,9-10,17,20-22H,4-5,8H2,1-3H3. The van der Waals surface area contributed by atoms with E-state index in [-0.39, 0.29) is 17.5 Å². The van der Waals surface area contributed by atoms with Crippen LogP contribution in [0.2, 0.25) is 0 Å². The smallest absolute Gasteiger partial charge is 0.157 e. The summed E-state index contributed by atoms with van der Waals surface area (Å²) in [7, 11) is 0. The van der Waals surface area contributed by atoms with Crippen molar-refractivity contribution in [3.8, 4) is 11.5 Å². The summed E-state index contributed by atoms with van der Waals surface area (Å²) >= 11 is 0. The molecule has 0 bridgehead atoms. The predicted molar refractivity (Wildman–Crippen MR) is 88.6 cm³/mol. The van der Waals surface area contributed by atoms with Gasteiger partial charge in [0.25, 0.3) is 0 Å². The molecular formula is C19H23NO2. The number of rotatable bonds is 2. The topological polar surface area (TPSA) is 52.5 Å². The van der Waals surface area contributed by atoms with Crippen LogP contribution < -0.4 is 5.32 Å². The number of phenolic OH excluding ortho intramolecular Hbond substituents is 2. The Labute approximate surface area is 131 Å². The second kappa shape index (κ2) is 5.65. The number of phenols is 2. The van der Waals surface area contributed by atoms with Gasteiger partial charge in [-0.1, -0.05) is 12.1 Å². The van der Waals surface area contributed by atoms with Crippen LogP contribution in [-0.2, 0) is 12.8 Å². The molecular weight excluding hydrogens is 274 g/mol. The van der Waals surface area contributed by atoms with Crippen LogP contribution in [0.5, 0.6) is 11.5 Å². The van der Waals surface area contributed by atoms with Gasteiger partial charge in [0.1, 0.15) is 0 Å². The monoisotopic (exact) mass is 297 g/mol. The van der Waals surface area contributed by atoms with Crippen LogP contribution in [0, 0.1) is 20.8 Å². The van der Waals surface area contributed by atoms with Gasteiger partial charge in [0.05, 0.1) is 0 Å². The van der Waals surface area contributed by atoms with Crippen molar-refractivity contribution >= 4 is 0 Å². The first-order valence-corrected chi connectivity index (χ1v) is 7.80. The quantitative estimate of drug-likeness (QED) is 0.744.